The molecule has 1 saturated heterocycles. The number of carbonyl (C=O) groups is 4. The summed E-state index contributed by atoms with van der Waals surface area (Å²) in [4.78, 5) is 56.9. The Bertz CT molecular complexity index is 2290. The summed E-state index contributed by atoms with van der Waals surface area (Å²) in [5.74, 6) is -3.01. The average Bonchev–Trinajstić information content (AvgIpc) is 4.04. The van der Waals surface area contributed by atoms with Crippen LogP contribution in [-0.4, -0.2) is 83.3 Å². The van der Waals surface area contributed by atoms with Gasteiger partial charge in [0, 0.05) is 30.0 Å². The molecule has 5 atom stereocenters. The van der Waals surface area contributed by atoms with Gasteiger partial charge in [0.05, 0.1) is 21.9 Å². The molecule has 2 aromatic carbocycles. The Kier molecular flexibility index (Phi) is 10.9. The van der Waals surface area contributed by atoms with Crippen LogP contribution in [0.4, 0.5) is 0 Å². The van der Waals surface area contributed by atoms with Gasteiger partial charge in [0.15, 0.2) is 0 Å². The number of nitrogens with one attached hydrogen (secondary N) is 4. The second-order valence-corrected chi connectivity index (χ2v) is 19.5. The van der Waals surface area contributed by atoms with Crippen molar-refractivity contribution in [3.05, 3.63) is 99.8 Å². The van der Waals surface area contributed by atoms with Crippen molar-refractivity contribution in [2.24, 2.45) is 11.3 Å². The monoisotopic (exact) mass is 811 g/mol. The van der Waals surface area contributed by atoms with Crippen molar-refractivity contribution in [2.75, 3.05) is 6.54 Å². The van der Waals surface area contributed by atoms with Crippen molar-refractivity contribution in [1.29, 1.82) is 5.41 Å². The number of aliphatic hydroxyl groups is 1. The third-order valence-electron chi connectivity index (χ3n) is 11.4. The van der Waals surface area contributed by atoms with Crippen LogP contribution in [0.3, 0.4) is 0 Å². The number of allylic oxidation sites excluding steroid dienone is 1. The number of rotatable bonds is 14. The number of fused-ring (bicyclic) bond motifs is 3. The number of β-amino-alcohol motifs (C(OH)–C–C–N with tert-alkyl or cyclic N) is 1. The lowest BCUT2D eigenvalue weighted by Crippen LogP contribution is -2.60. The van der Waals surface area contributed by atoms with Crippen molar-refractivity contribution in [1.82, 2.24) is 20.3 Å². The van der Waals surface area contributed by atoms with E-state index in [4.69, 9.17) is 5.41 Å². The minimum Gasteiger partial charge on any atom is -0.391 e. The number of likely N-dealkylation sites (tertiary alicyclic amines) is 1. The van der Waals surface area contributed by atoms with Gasteiger partial charge in [0.1, 0.15) is 17.6 Å². The van der Waals surface area contributed by atoms with E-state index in [0.29, 0.717) is 29.9 Å². The maximum Gasteiger partial charge on any atom is 0.262 e. The summed E-state index contributed by atoms with van der Waals surface area (Å²) in [6.07, 6.45) is 7.77. The van der Waals surface area contributed by atoms with Gasteiger partial charge in [-0.25, -0.2) is 8.42 Å². The highest BCUT2D eigenvalue weighted by Gasteiger charge is 2.62. The molecule has 0 bridgehead atoms. The molecule has 0 spiro atoms. The molecule has 1 aromatic heterocycles. The van der Waals surface area contributed by atoms with Crippen LogP contribution in [0.15, 0.2) is 72.6 Å². The fourth-order valence-electron chi connectivity index (χ4n) is 7.89. The standard InChI is InChI=1S/C43H49N5O7S2/c1-5-27-23-43(27,41(53)47-57(54,55)29-16-17-29)46-38(50)34-22-28(49)24-48(34)40(52)37(42(2,3)4)45-39(51)36-26(19-20-56-36)12-8-6-7-11-25-15-18-31-30-13-9-10-14-32(30)35(44)33(31)21-25/h5,7,9-11,13-15,18-21,27-29,34,37,44,49H,1,6,8,12,16-17,22-24H2,2-4H3,(H,45,51)(H,46,50)(H,47,53)/b11-7+,44-35?/t27-,28-,34+,37-,43-/m1/s1. The molecule has 3 fully saturated rings. The summed E-state index contributed by atoms with van der Waals surface area (Å²) in [5, 5.41) is 26.2. The molecule has 12 nitrogen and oxygen atoms in total. The zero-order chi connectivity index (χ0) is 40.9. The largest absolute Gasteiger partial charge is 0.391 e. The fourth-order valence-corrected chi connectivity index (χ4v) is 10.1. The predicted octanol–water partition coefficient (Wildman–Crippen LogP) is 4.96. The lowest BCUT2D eigenvalue weighted by molar-refractivity contribution is -0.142. The number of nitrogens with zero attached hydrogens (tertiary/aromatic N) is 1. The highest BCUT2D eigenvalue weighted by Crippen LogP contribution is 2.45. The minimum atomic E-state index is -3.88. The molecular weight excluding hydrogens is 763 g/mol. The van der Waals surface area contributed by atoms with Crippen LogP contribution in [-0.2, 0) is 30.8 Å². The minimum absolute atomic E-state index is 0.0901. The third-order valence-corrected chi connectivity index (χ3v) is 14.2. The van der Waals surface area contributed by atoms with Gasteiger partial charge in [0.25, 0.3) is 11.8 Å². The smallest absolute Gasteiger partial charge is 0.262 e. The van der Waals surface area contributed by atoms with Crippen LogP contribution in [0.1, 0.15) is 91.2 Å². The molecule has 5 N–H and O–H groups in total. The molecule has 3 aliphatic carbocycles. The number of hydrogen-bond donors (Lipinski definition) is 5. The number of thiophene rings is 1. The van der Waals surface area contributed by atoms with Crippen molar-refractivity contribution in [3.8, 4) is 11.1 Å². The van der Waals surface area contributed by atoms with E-state index >= 15 is 0 Å². The molecular formula is C43H49N5O7S2. The topological polar surface area (TPSA) is 186 Å². The number of aryl methyl sites for hydroxylation is 1. The average molecular weight is 812 g/mol. The lowest BCUT2D eigenvalue weighted by atomic mass is 9.85. The summed E-state index contributed by atoms with van der Waals surface area (Å²) in [7, 11) is -3.88. The number of aliphatic hydroxyl groups excluding tert-OH is 1. The summed E-state index contributed by atoms with van der Waals surface area (Å²) < 4.78 is 27.2. The van der Waals surface area contributed by atoms with Crippen LogP contribution in [0, 0.1) is 16.7 Å². The normalized spacial score (nSPS) is 23.1. The zero-order valence-electron chi connectivity index (χ0n) is 32.3. The van der Waals surface area contributed by atoms with E-state index in [1.165, 1.54) is 22.3 Å². The number of carbonyl (C=O) groups excluding carboxylic acids is 4. The first-order valence-corrected chi connectivity index (χ1v) is 21.8. The molecule has 3 aromatic rings. The molecule has 2 saturated carbocycles. The molecule has 2 heterocycles. The Hall–Kier alpha value is -4.92. The SMILES string of the molecule is C=C[C@@H]1C[C@]1(NC(=O)[C@@H]1C[C@@H](O)CN1C(=O)[C@@H](NC(=O)c1sccc1CCC/C=C/c1ccc2c(c1)C(=N)c1ccccc1-2)C(C)(C)C)C(=O)NS(=O)(=O)C1CC1. The second-order valence-electron chi connectivity index (χ2n) is 16.6. The molecule has 57 heavy (non-hydrogen) atoms. The molecule has 0 unspecified atom stereocenters. The Balaban J connectivity index is 0.975. The highest BCUT2D eigenvalue weighted by molar-refractivity contribution is 7.91. The molecule has 0 radical (unpaired) electrons. The Labute approximate surface area is 337 Å². The molecule has 4 aliphatic rings. The van der Waals surface area contributed by atoms with Gasteiger partial charge in [-0.1, -0.05) is 75.4 Å². The summed E-state index contributed by atoms with van der Waals surface area (Å²) in [6.45, 7) is 8.99. The van der Waals surface area contributed by atoms with E-state index in [1.54, 1.807) is 20.8 Å². The zero-order valence-corrected chi connectivity index (χ0v) is 34.0. The number of sulfonamides is 1. The number of unbranched alkanes of at least 4 members (excludes halogenated alkanes) is 1. The van der Waals surface area contributed by atoms with Gasteiger partial charge < -0.3 is 20.6 Å². The van der Waals surface area contributed by atoms with E-state index in [0.717, 1.165) is 46.2 Å². The van der Waals surface area contributed by atoms with Crippen LogP contribution in [0.2, 0.25) is 0 Å². The summed E-state index contributed by atoms with van der Waals surface area (Å²) >= 11 is 1.29. The number of hydrogen-bond acceptors (Lipinski definition) is 9. The van der Waals surface area contributed by atoms with Crippen LogP contribution < -0.4 is 15.4 Å². The number of amides is 4. The first kappa shape index (κ1) is 40.3. The fraction of sp³-hybridized carbons (Fsp3) is 0.419. The van der Waals surface area contributed by atoms with Gasteiger partial charge in [-0.05, 0) is 83.7 Å². The first-order chi connectivity index (χ1) is 27.0. The Morgan fingerprint density at radius 2 is 1.79 bits per heavy atom. The van der Waals surface area contributed by atoms with E-state index in [2.05, 4.69) is 46.2 Å². The quantitative estimate of drug-likeness (QED) is 0.0881. The van der Waals surface area contributed by atoms with Crippen molar-refractivity contribution >= 4 is 56.8 Å². The molecule has 14 heteroatoms. The van der Waals surface area contributed by atoms with E-state index in [1.807, 2.05) is 41.8 Å². The number of benzene rings is 2. The van der Waals surface area contributed by atoms with E-state index in [9.17, 15) is 32.7 Å². The molecule has 300 valence electrons. The van der Waals surface area contributed by atoms with E-state index in [-0.39, 0.29) is 19.4 Å². The Morgan fingerprint density at radius 1 is 1.07 bits per heavy atom. The van der Waals surface area contributed by atoms with Gasteiger partial charge >= 0.3 is 0 Å². The van der Waals surface area contributed by atoms with Crippen molar-refractivity contribution in [2.45, 2.75) is 94.7 Å². The van der Waals surface area contributed by atoms with Gasteiger partial charge in [0.2, 0.25) is 21.8 Å². The molecule has 4 amide bonds. The van der Waals surface area contributed by atoms with Crippen molar-refractivity contribution in [3.63, 3.8) is 0 Å². The maximum atomic E-state index is 14.3. The van der Waals surface area contributed by atoms with Crippen LogP contribution in [0.25, 0.3) is 17.2 Å². The lowest BCUT2D eigenvalue weighted by Gasteiger charge is -2.35. The predicted molar refractivity (Wildman–Crippen MR) is 220 cm³/mol. The maximum absolute atomic E-state index is 14.3. The van der Waals surface area contributed by atoms with E-state index < -0.39 is 74.0 Å². The molecule has 1 aliphatic heterocycles. The first-order valence-electron chi connectivity index (χ1n) is 19.4. The van der Waals surface area contributed by atoms with Gasteiger partial charge in [-0.15, -0.1) is 17.9 Å². The van der Waals surface area contributed by atoms with Gasteiger partial charge in [-0.2, -0.15) is 0 Å². The highest BCUT2D eigenvalue weighted by atomic mass is 32.2. The third kappa shape index (κ3) is 8.12. The Morgan fingerprint density at radius 3 is 2.47 bits per heavy atom. The van der Waals surface area contributed by atoms with Crippen LogP contribution in [0.5, 0.6) is 0 Å². The van der Waals surface area contributed by atoms with Crippen molar-refractivity contribution < 1.29 is 32.7 Å². The summed E-state index contributed by atoms with van der Waals surface area (Å²) in [6, 6.07) is 13.8. The van der Waals surface area contributed by atoms with Crippen LogP contribution >= 0.6 is 11.3 Å². The van der Waals surface area contributed by atoms with Gasteiger partial charge in [-0.3, -0.25) is 29.3 Å². The second kappa shape index (κ2) is 15.4. The molecule has 7 rings (SSSR count). The summed E-state index contributed by atoms with van der Waals surface area (Å²) in [5.41, 5.74) is 4.12.